The average molecular weight is 412 g/mol. The third-order valence-corrected chi connectivity index (χ3v) is 6.80. The Hall–Kier alpha value is -2.24. The number of nitro benzene ring substituents is 1. The predicted molar refractivity (Wildman–Crippen MR) is 100 cm³/mol. The molecule has 0 radical (unpaired) electrons. The topological polar surface area (TPSA) is 113 Å². The lowest BCUT2D eigenvalue weighted by molar-refractivity contribution is -0.385. The Morgan fingerprint density at radius 3 is 2.50 bits per heavy atom. The third-order valence-electron chi connectivity index (χ3n) is 4.93. The normalized spacial score (nSPS) is 21.3. The highest BCUT2D eigenvalue weighted by atomic mass is 32.2. The third kappa shape index (κ3) is 3.82. The van der Waals surface area contributed by atoms with Crippen molar-refractivity contribution in [2.24, 2.45) is 5.92 Å². The van der Waals surface area contributed by atoms with E-state index in [9.17, 15) is 23.3 Å². The van der Waals surface area contributed by atoms with Gasteiger partial charge in [0.2, 0.25) is 10.0 Å². The second kappa shape index (κ2) is 8.02. The van der Waals surface area contributed by atoms with Gasteiger partial charge in [-0.3, -0.25) is 10.1 Å². The van der Waals surface area contributed by atoms with Gasteiger partial charge in [-0.25, -0.2) is 13.2 Å². The van der Waals surface area contributed by atoms with Gasteiger partial charge in [0.25, 0.3) is 5.69 Å². The van der Waals surface area contributed by atoms with E-state index in [0.717, 1.165) is 6.07 Å². The summed E-state index contributed by atoms with van der Waals surface area (Å²) >= 11 is 0. The average Bonchev–Trinajstić information content (AvgIpc) is 3.14. The minimum absolute atomic E-state index is 0.143. The zero-order chi connectivity index (χ0) is 20.5. The van der Waals surface area contributed by atoms with E-state index in [1.807, 2.05) is 13.8 Å². The van der Waals surface area contributed by atoms with Crippen LogP contribution in [0.3, 0.4) is 0 Å². The van der Waals surface area contributed by atoms with Crippen LogP contribution < -0.4 is 0 Å². The molecule has 1 unspecified atom stereocenters. The molecule has 2 saturated heterocycles. The Balaban J connectivity index is 1.89. The standard InChI is InChI=1S/C17H24N4O6S/c1-13(2)16-19(17(22)18-8-10-27-11-9-18)6-7-20(16)28(25,26)15-5-3-4-14(12-15)21(23)24/h3-5,12-13,16H,6-11H2,1-2H3. The molecule has 0 aromatic heterocycles. The molecule has 2 aliphatic rings. The minimum Gasteiger partial charge on any atom is -0.378 e. The molecule has 2 aliphatic heterocycles. The van der Waals surface area contributed by atoms with Crippen molar-refractivity contribution < 1.29 is 22.9 Å². The highest BCUT2D eigenvalue weighted by molar-refractivity contribution is 7.89. The van der Waals surface area contributed by atoms with E-state index in [0.29, 0.717) is 26.3 Å². The summed E-state index contributed by atoms with van der Waals surface area (Å²) in [6.45, 7) is 5.98. The number of carbonyl (C=O) groups is 1. The molecule has 0 saturated carbocycles. The summed E-state index contributed by atoms with van der Waals surface area (Å²) < 4.78 is 33.0. The molecule has 10 nitrogen and oxygen atoms in total. The Labute approximate surface area is 163 Å². The SMILES string of the molecule is CC(C)C1N(C(=O)N2CCOCC2)CCN1S(=O)(=O)c1cccc([N+](=O)[O-])c1. The van der Waals surface area contributed by atoms with Crippen molar-refractivity contribution in [3.63, 3.8) is 0 Å². The summed E-state index contributed by atoms with van der Waals surface area (Å²) in [7, 11) is -3.99. The van der Waals surface area contributed by atoms with Crippen molar-refractivity contribution in [3.8, 4) is 0 Å². The quantitative estimate of drug-likeness (QED) is 0.545. The maximum atomic E-state index is 13.2. The maximum absolute atomic E-state index is 13.2. The van der Waals surface area contributed by atoms with Gasteiger partial charge in [0.05, 0.1) is 23.0 Å². The van der Waals surface area contributed by atoms with Crippen LogP contribution in [0.2, 0.25) is 0 Å². The molecule has 11 heteroatoms. The first kappa shape index (κ1) is 20.5. The fourth-order valence-corrected chi connectivity index (χ4v) is 5.37. The smallest absolute Gasteiger partial charge is 0.321 e. The van der Waals surface area contributed by atoms with E-state index in [2.05, 4.69) is 0 Å². The van der Waals surface area contributed by atoms with Crippen molar-refractivity contribution in [2.45, 2.75) is 24.9 Å². The molecule has 2 amide bonds. The molecule has 0 bridgehead atoms. The van der Waals surface area contributed by atoms with Crippen LogP contribution in [-0.4, -0.2) is 79.0 Å². The van der Waals surface area contributed by atoms with Crippen LogP contribution in [0, 0.1) is 16.0 Å². The van der Waals surface area contributed by atoms with Crippen LogP contribution in [0.15, 0.2) is 29.2 Å². The number of hydrogen-bond donors (Lipinski definition) is 0. The highest BCUT2D eigenvalue weighted by Crippen LogP contribution is 2.30. The lowest BCUT2D eigenvalue weighted by Gasteiger charge is -2.37. The summed E-state index contributed by atoms with van der Waals surface area (Å²) in [5.41, 5.74) is -0.289. The van der Waals surface area contributed by atoms with E-state index in [-0.39, 0.29) is 35.6 Å². The highest BCUT2D eigenvalue weighted by Gasteiger charge is 2.45. The molecule has 1 aromatic rings. The number of nitro groups is 1. The van der Waals surface area contributed by atoms with Gasteiger partial charge in [0.1, 0.15) is 6.17 Å². The zero-order valence-electron chi connectivity index (χ0n) is 15.9. The molecular formula is C17H24N4O6S. The van der Waals surface area contributed by atoms with Crippen LogP contribution in [0.25, 0.3) is 0 Å². The van der Waals surface area contributed by atoms with Crippen molar-refractivity contribution in [2.75, 3.05) is 39.4 Å². The first-order valence-corrected chi connectivity index (χ1v) is 10.6. The van der Waals surface area contributed by atoms with E-state index in [4.69, 9.17) is 4.74 Å². The molecule has 0 aliphatic carbocycles. The molecule has 3 rings (SSSR count). The maximum Gasteiger partial charge on any atom is 0.321 e. The lowest BCUT2D eigenvalue weighted by atomic mass is 10.1. The second-order valence-corrected chi connectivity index (χ2v) is 8.99. The number of carbonyl (C=O) groups excluding carboxylic acids is 1. The van der Waals surface area contributed by atoms with Gasteiger partial charge in [-0.2, -0.15) is 4.31 Å². The summed E-state index contributed by atoms with van der Waals surface area (Å²) in [6, 6.07) is 4.78. The monoisotopic (exact) mass is 412 g/mol. The summed E-state index contributed by atoms with van der Waals surface area (Å²) in [5, 5.41) is 11.0. The fourth-order valence-electron chi connectivity index (χ4n) is 3.62. The van der Waals surface area contributed by atoms with Gasteiger partial charge >= 0.3 is 6.03 Å². The van der Waals surface area contributed by atoms with E-state index >= 15 is 0 Å². The summed E-state index contributed by atoms with van der Waals surface area (Å²) in [4.78, 5) is 26.4. The number of amides is 2. The van der Waals surface area contributed by atoms with Gasteiger partial charge in [-0.1, -0.05) is 19.9 Å². The van der Waals surface area contributed by atoms with E-state index in [1.165, 1.54) is 22.5 Å². The number of sulfonamides is 1. The molecule has 2 heterocycles. The van der Waals surface area contributed by atoms with Crippen molar-refractivity contribution in [1.82, 2.24) is 14.1 Å². The summed E-state index contributed by atoms with van der Waals surface area (Å²) in [5.74, 6) is -0.152. The number of urea groups is 1. The van der Waals surface area contributed by atoms with Gasteiger partial charge in [-0.15, -0.1) is 0 Å². The Morgan fingerprint density at radius 1 is 1.21 bits per heavy atom. The van der Waals surface area contributed by atoms with Crippen LogP contribution in [-0.2, 0) is 14.8 Å². The van der Waals surface area contributed by atoms with Gasteiger partial charge in [0.15, 0.2) is 0 Å². The van der Waals surface area contributed by atoms with Gasteiger partial charge in [-0.05, 0) is 12.0 Å². The number of hydrogen-bond acceptors (Lipinski definition) is 6. The first-order valence-electron chi connectivity index (χ1n) is 9.13. The number of non-ortho nitro benzene ring substituents is 1. The van der Waals surface area contributed by atoms with Crippen LogP contribution in [0.1, 0.15) is 13.8 Å². The molecule has 0 spiro atoms. The molecule has 28 heavy (non-hydrogen) atoms. The molecule has 0 N–H and O–H groups in total. The van der Waals surface area contributed by atoms with Crippen LogP contribution >= 0.6 is 0 Å². The van der Waals surface area contributed by atoms with Gasteiger partial charge in [0, 0.05) is 38.3 Å². The fraction of sp³-hybridized carbons (Fsp3) is 0.588. The van der Waals surface area contributed by atoms with Crippen molar-refractivity contribution in [1.29, 1.82) is 0 Å². The largest absolute Gasteiger partial charge is 0.378 e. The predicted octanol–water partition coefficient (Wildman–Crippen LogP) is 1.34. The summed E-state index contributed by atoms with van der Waals surface area (Å²) in [6.07, 6.45) is -0.653. The van der Waals surface area contributed by atoms with Crippen LogP contribution in [0.5, 0.6) is 0 Å². The molecule has 2 fully saturated rings. The van der Waals surface area contributed by atoms with Crippen molar-refractivity contribution >= 4 is 21.7 Å². The molecule has 154 valence electrons. The number of rotatable bonds is 4. The zero-order valence-corrected chi connectivity index (χ0v) is 16.7. The Bertz CT molecular complexity index is 853. The van der Waals surface area contributed by atoms with Crippen molar-refractivity contribution in [3.05, 3.63) is 34.4 Å². The number of morpholine rings is 1. The second-order valence-electron chi connectivity index (χ2n) is 7.10. The van der Waals surface area contributed by atoms with E-state index < -0.39 is 21.1 Å². The number of benzene rings is 1. The van der Waals surface area contributed by atoms with Gasteiger partial charge < -0.3 is 14.5 Å². The molecule has 1 atom stereocenters. The lowest BCUT2D eigenvalue weighted by Crippen LogP contribution is -2.53. The van der Waals surface area contributed by atoms with Crippen LogP contribution in [0.4, 0.5) is 10.5 Å². The first-order chi connectivity index (χ1) is 13.2. The Kier molecular flexibility index (Phi) is 5.87. The Morgan fingerprint density at radius 2 is 1.89 bits per heavy atom. The minimum atomic E-state index is -3.99. The molecule has 1 aromatic carbocycles. The number of nitrogens with zero attached hydrogens (tertiary/aromatic N) is 4. The number of ether oxygens (including phenoxy) is 1. The molecular weight excluding hydrogens is 388 g/mol. The van der Waals surface area contributed by atoms with E-state index in [1.54, 1.807) is 9.80 Å².